The van der Waals surface area contributed by atoms with E-state index in [1.165, 1.54) is 27.9 Å². The zero-order valence-corrected chi connectivity index (χ0v) is 16.2. The van der Waals surface area contributed by atoms with Crippen LogP contribution in [0.4, 0.5) is 0 Å². The highest BCUT2D eigenvalue weighted by atomic mass is 14.9. The summed E-state index contributed by atoms with van der Waals surface area (Å²) >= 11 is 0. The van der Waals surface area contributed by atoms with Gasteiger partial charge in [-0.2, -0.15) is 0 Å². The van der Waals surface area contributed by atoms with Crippen LogP contribution in [0.5, 0.6) is 0 Å². The first kappa shape index (κ1) is 16.9. The summed E-state index contributed by atoms with van der Waals surface area (Å²) < 4.78 is 2.43. The van der Waals surface area contributed by atoms with Gasteiger partial charge < -0.3 is 0 Å². The van der Waals surface area contributed by atoms with E-state index in [-0.39, 0.29) is 6.85 Å². The lowest BCUT2D eigenvalue weighted by Crippen LogP contribution is -2.65. The second-order valence-electron chi connectivity index (χ2n) is 7.63. The van der Waals surface area contributed by atoms with E-state index < -0.39 is 0 Å². The Morgan fingerprint density at radius 2 is 1.82 bits per heavy atom. The first-order valence-corrected chi connectivity index (χ1v) is 9.81. The number of hydrogen-bond donors (Lipinski definition) is 0. The quantitative estimate of drug-likeness (QED) is 0.622. The standard InChI is InChI=1S/C25H22BN2/c1-18-8-7-9-19(2)25(18)26-23-11-4-3-10-20(23)16-22-17-21(13-15-28(22)26)24-12-5-6-14-27-24/h3-17,23H,1-2H3/q+1. The molecule has 1 unspecified atom stereocenters. The Morgan fingerprint density at radius 1 is 0.964 bits per heavy atom. The lowest BCUT2D eigenvalue weighted by atomic mass is 9.41. The topological polar surface area (TPSA) is 16.8 Å². The van der Waals surface area contributed by atoms with Gasteiger partial charge in [-0.05, 0) is 42.7 Å². The summed E-state index contributed by atoms with van der Waals surface area (Å²) in [6, 6.07) is 17.1. The molecule has 1 aromatic carbocycles. The maximum atomic E-state index is 4.53. The zero-order chi connectivity index (χ0) is 19.1. The molecular formula is C25H22BN2+. The van der Waals surface area contributed by atoms with Gasteiger partial charge in [-0.1, -0.05) is 48.6 Å². The molecule has 0 fully saturated rings. The lowest BCUT2D eigenvalue weighted by Gasteiger charge is -2.26. The normalized spacial score (nSPS) is 17.1. The molecule has 0 spiro atoms. The van der Waals surface area contributed by atoms with Crippen molar-refractivity contribution in [3.63, 3.8) is 0 Å². The van der Waals surface area contributed by atoms with E-state index in [1.807, 2.05) is 18.3 Å². The average molecular weight is 361 g/mol. The number of allylic oxidation sites excluding steroid dienone is 5. The summed E-state index contributed by atoms with van der Waals surface area (Å²) in [4.78, 5) is 4.53. The predicted octanol–water partition coefficient (Wildman–Crippen LogP) is 4.29. The number of hydrogen-bond acceptors (Lipinski definition) is 1. The minimum absolute atomic E-state index is 0.259. The van der Waals surface area contributed by atoms with Crippen LogP contribution in [0.1, 0.15) is 16.8 Å². The SMILES string of the molecule is Cc1cccc(C)c1B1C2C=CC=CC2=Cc2cc(-c3ccccn3)cc[n+]21. The third-order valence-corrected chi connectivity index (χ3v) is 5.87. The molecule has 1 aliphatic carbocycles. The minimum Gasteiger partial charge on any atom is -0.279 e. The average Bonchev–Trinajstić information content (AvgIpc) is 2.73. The molecular weight excluding hydrogens is 339 g/mol. The van der Waals surface area contributed by atoms with Crippen molar-refractivity contribution in [3.05, 3.63) is 108 Å². The van der Waals surface area contributed by atoms with Crippen molar-refractivity contribution in [2.75, 3.05) is 0 Å². The molecule has 1 atom stereocenters. The second-order valence-corrected chi connectivity index (χ2v) is 7.63. The maximum Gasteiger partial charge on any atom is 0.536 e. The van der Waals surface area contributed by atoms with Crippen molar-refractivity contribution in [3.8, 4) is 11.3 Å². The number of nitrogens with zero attached hydrogens (tertiary/aromatic N) is 2. The fraction of sp³-hybridized carbons (Fsp3) is 0.120. The number of fused-ring (bicyclic) bond motifs is 2. The Kier molecular flexibility index (Phi) is 4.09. The number of benzene rings is 1. The Morgan fingerprint density at radius 3 is 2.61 bits per heavy atom. The zero-order valence-electron chi connectivity index (χ0n) is 16.2. The molecule has 28 heavy (non-hydrogen) atoms. The van der Waals surface area contributed by atoms with Crippen LogP contribution in [-0.2, 0) is 0 Å². The number of aromatic nitrogens is 2. The molecule has 0 saturated carbocycles. The largest absolute Gasteiger partial charge is 0.536 e. The Hall–Kier alpha value is -3.20. The van der Waals surface area contributed by atoms with Gasteiger partial charge in [0, 0.05) is 35.4 Å². The van der Waals surface area contributed by atoms with Crippen molar-refractivity contribution in [2.24, 2.45) is 0 Å². The van der Waals surface area contributed by atoms with E-state index in [4.69, 9.17) is 0 Å². The van der Waals surface area contributed by atoms with E-state index in [0.717, 1.165) is 11.3 Å². The third-order valence-electron chi connectivity index (χ3n) is 5.87. The fourth-order valence-electron chi connectivity index (χ4n) is 4.55. The Labute approximate surface area is 166 Å². The monoisotopic (exact) mass is 361 g/mol. The first-order chi connectivity index (χ1) is 13.7. The van der Waals surface area contributed by atoms with E-state index in [9.17, 15) is 0 Å². The summed E-state index contributed by atoms with van der Waals surface area (Å²) in [6.45, 7) is 4.71. The molecule has 0 saturated heterocycles. The highest BCUT2D eigenvalue weighted by molar-refractivity contribution is 6.69. The van der Waals surface area contributed by atoms with Gasteiger partial charge in [0.15, 0.2) is 5.69 Å². The van der Waals surface area contributed by atoms with E-state index in [1.54, 1.807) is 0 Å². The Balaban J connectivity index is 1.72. The summed E-state index contributed by atoms with van der Waals surface area (Å²) in [6.07, 6.45) is 15.3. The van der Waals surface area contributed by atoms with Gasteiger partial charge in [0.2, 0.25) is 0 Å². The van der Waals surface area contributed by atoms with Crippen LogP contribution in [0.2, 0.25) is 5.82 Å². The van der Waals surface area contributed by atoms with Gasteiger partial charge in [0.1, 0.15) is 6.20 Å². The van der Waals surface area contributed by atoms with Crippen molar-refractivity contribution in [2.45, 2.75) is 19.7 Å². The number of aryl methyl sites for hydroxylation is 2. The first-order valence-electron chi connectivity index (χ1n) is 9.81. The van der Waals surface area contributed by atoms with Crippen molar-refractivity contribution < 1.29 is 4.48 Å². The van der Waals surface area contributed by atoms with Crippen LogP contribution in [0.25, 0.3) is 17.3 Å². The van der Waals surface area contributed by atoms with Crippen LogP contribution in [0.15, 0.2) is 90.8 Å². The van der Waals surface area contributed by atoms with Crippen molar-refractivity contribution >= 4 is 18.4 Å². The number of rotatable bonds is 2. The smallest absolute Gasteiger partial charge is 0.279 e. The maximum absolute atomic E-state index is 4.53. The van der Waals surface area contributed by atoms with E-state index >= 15 is 0 Å². The molecule has 2 aliphatic rings. The van der Waals surface area contributed by atoms with Gasteiger partial charge >= 0.3 is 6.85 Å². The highest BCUT2D eigenvalue weighted by Crippen LogP contribution is 2.32. The summed E-state index contributed by atoms with van der Waals surface area (Å²) in [5.74, 6) is 0.350. The van der Waals surface area contributed by atoms with Crippen LogP contribution in [-0.4, -0.2) is 11.8 Å². The van der Waals surface area contributed by atoms with Crippen LogP contribution in [0, 0.1) is 13.8 Å². The van der Waals surface area contributed by atoms with Gasteiger partial charge in [-0.3, -0.25) is 9.46 Å². The predicted molar refractivity (Wildman–Crippen MR) is 117 cm³/mol. The molecule has 3 aromatic rings. The highest BCUT2D eigenvalue weighted by Gasteiger charge is 2.46. The Bertz CT molecular complexity index is 1120. The molecule has 5 rings (SSSR count). The van der Waals surface area contributed by atoms with Crippen LogP contribution in [0.3, 0.4) is 0 Å². The van der Waals surface area contributed by atoms with E-state index in [2.05, 4.69) is 96.3 Å². The molecule has 0 radical (unpaired) electrons. The molecule has 0 N–H and O–H groups in total. The van der Waals surface area contributed by atoms with Crippen LogP contribution < -0.4 is 9.94 Å². The number of pyridine rings is 2. The van der Waals surface area contributed by atoms with Gasteiger partial charge in [-0.25, -0.2) is 0 Å². The molecule has 3 heterocycles. The second kappa shape index (κ2) is 6.76. The third kappa shape index (κ3) is 2.75. The molecule has 2 aromatic heterocycles. The molecule has 2 nitrogen and oxygen atoms in total. The summed E-state index contributed by atoms with van der Waals surface area (Å²) in [5.41, 5.74) is 8.87. The fourth-order valence-corrected chi connectivity index (χ4v) is 4.55. The van der Waals surface area contributed by atoms with Gasteiger partial charge in [-0.15, -0.1) is 0 Å². The summed E-state index contributed by atoms with van der Waals surface area (Å²) in [7, 11) is 0. The van der Waals surface area contributed by atoms with Gasteiger partial charge in [0.05, 0.1) is 11.5 Å². The molecule has 0 bridgehead atoms. The summed E-state index contributed by atoms with van der Waals surface area (Å²) in [5, 5.41) is 0. The lowest BCUT2D eigenvalue weighted by molar-refractivity contribution is -0.539. The van der Waals surface area contributed by atoms with Crippen molar-refractivity contribution in [1.29, 1.82) is 0 Å². The van der Waals surface area contributed by atoms with Crippen LogP contribution >= 0.6 is 0 Å². The molecule has 0 amide bonds. The van der Waals surface area contributed by atoms with E-state index in [0.29, 0.717) is 5.82 Å². The molecule has 3 heteroatoms. The van der Waals surface area contributed by atoms with Crippen molar-refractivity contribution in [1.82, 2.24) is 4.98 Å². The molecule has 134 valence electrons. The molecule has 1 aliphatic heterocycles. The minimum atomic E-state index is 0.259. The van der Waals surface area contributed by atoms with Gasteiger partial charge in [0.25, 0.3) is 0 Å².